The number of hydrogen-bond donors (Lipinski definition) is 3. The molecular formula is C13H14N4. The minimum absolute atomic E-state index is 0.835. The van der Waals surface area contributed by atoms with Crippen molar-refractivity contribution in [3.05, 3.63) is 54.0 Å². The van der Waals surface area contributed by atoms with Gasteiger partial charge in [0, 0.05) is 36.6 Å². The van der Waals surface area contributed by atoms with Gasteiger partial charge in [-0.1, -0.05) is 6.07 Å². The second kappa shape index (κ2) is 4.43. The molecule has 0 unspecified atom stereocenters. The number of fused-ring (bicyclic) bond motifs is 1. The molecule has 4 nitrogen and oxygen atoms in total. The first-order valence-corrected chi connectivity index (χ1v) is 5.66. The van der Waals surface area contributed by atoms with Crippen LogP contribution in [-0.2, 0) is 13.1 Å². The number of aromatic nitrogens is 3. The van der Waals surface area contributed by atoms with Gasteiger partial charge < -0.3 is 10.3 Å². The monoisotopic (exact) mass is 226 g/mol. The average Bonchev–Trinajstić information content (AvgIpc) is 2.98. The molecule has 1 aromatic carbocycles. The molecule has 0 fully saturated rings. The van der Waals surface area contributed by atoms with E-state index in [1.54, 1.807) is 0 Å². The quantitative estimate of drug-likeness (QED) is 0.638. The second-order valence-electron chi connectivity index (χ2n) is 4.11. The SMILES string of the molecule is c1cc2cc(CNCc3cn[nH]c3)ccc2[nH]1. The highest BCUT2D eigenvalue weighted by molar-refractivity contribution is 5.79. The summed E-state index contributed by atoms with van der Waals surface area (Å²) < 4.78 is 0. The van der Waals surface area contributed by atoms with Crippen molar-refractivity contribution in [3.63, 3.8) is 0 Å². The number of H-pyrrole nitrogens is 2. The van der Waals surface area contributed by atoms with Crippen LogP contribution >= 0.6 is 0 Å². The smallest absolute Gasteiger partial charge is 0.0532 e. The molecule has 0 aliphatic rings. The summed E-state index contributed by atoms with van der Waals surface area (Å²) >= 11 is 0. The maximum atomic E-state index is 3.91. The Labute approximate surface area is 99.1 Å². The van der Waals surface area contributed by atoms with E-state index in [-0.39, 0.29) is 0 Å². The molecule has 0 aliphatic carbocycles. The lowest BCUT2D eigenvalue weighted by Gasteiger charge is -2.03. The number of hydrogen-bond acceptors (Lipinski definition) is 2. The first-order chi connectivity index (χ1) is 8.42. The van der Waals surface area contributed by atoms with Gasteiger partial charge in [-0.25, -0.2) is 0 Å². The lowest BCUT2D eigenvalue weighted by atomic mass is 10.1. The first kappa shape index (κ1) is 10.1. The Hall–Kier alpha value is -2.07. The molecule has 0 saturated heterocycles. The van der Waals surface area contributed by atoms with Crippen LogP contribution in [0.15, 0.2) is 42.9 Å². The lowest BCUT2D eigenvalue weighted by Crippen LogP contribution is -2.11. The Kier molecular flexibility index (Phi) is 2.63. The highest BCUT2D eigenvalue weighted by Crippen LogP contribution is 2.14. The molecule has 0 saturated carbocycles. The zero-order valence-corrected chi connectivity index (χ0v) is 9.40. The van der Waals surface area contributed by atoms with E-state index in [4.69, 9.17) is 0 Å². The van der Waals surface area contributed by atoms with Gasteiger partial charge in [-0.2, -0.15) is 5.10 Å². The maximum absolute atomic E-state index is 3.91. The summed E-state index contributed by atoms with van der Waals surface area (Å²) in [5.41, 5.74) is 3.65. The van der Waals surface area contributed by atoms with Crippen molar-refractivity contribution in [2.45, 2.75) is 13.1 Å². The van der Waals surface area contributed by atoms with Gasteiger partial charge in [0.15, 0.2) is 0 Å². The zero-order chi connectivity index (χ0) is 11.5. The Morgan fingerprint density at radius 2 is 2.06 bits per heavy atom. The Morgan fingerprint density at radius 1 is 1.12 bits per heavy atom. The molecule has 0 amide bonds. The number of aromatic amines is 2. The van der Waals surface area contributed by atoms with Crippen LogP contribution in [0.1, 0.15) is 11.1 Å². The van der Waals surface area contributed by atoms with Crippen LogP contribution in [-0.4, -0.2) is 15.2 Å². The van der Waals surface area contributed by atoms with Crippen molar-refractivity contribution in [1.29, 1.82) is 0 Å². The average molecular weight is 226 g/mol. The van der Waals surface area contributed by atoms with Gasteiger partial charge in [0.1, 0.15) is 0 Å². The summed E-state index contributed by atoms with van der Waals surface area (Å²) in [4.78, 5) is 3.19. The molecule has 0 aliphatic heterocycles. The predicted octanol–water partition coefficient (Wildman–Crippen LogP) is 2.18. The van der Waals surface area contributed by atoms with Gasteiger partial charge in [0.05, 0.1) is 6.20 Å². The third-order valence-electron chi connectivity index (χ3n) is 2.83. The van der Waals surface area contributed by atoms with Crippen molar-refractivity contribution < 1.29 is 0 Å². The molecule has 3 aromatic rings. The van der Waals surface area contributed by atoms with Crippen LogP contribution in [0.5, 0.6) is 0 Å². The van der Waals surface area contributed by atoms with E-state index < -0.39 is 0 Å². The second-order valence-corrected chi connectivity index (χ2v) is 4.11. The zero-order valence-electron chi connectivity index (χ0n) is 9.40. The van der Waals surface area contributed by atoms with E-state index in [2.05, 4.69) is 44.8 Å². The highest BCUT2D eigenvalue weighted by Gasteiger charge is 1.98. The molecule has 3 rings (SSSR count). The molecule has 0 bridgehead atoms. The molecule has 2 heterocycles. The van der Waals surface area contributed by atoms with Crippen LogP contribution in [0.4, 0.5) is 0 Å². The van der Waals surface area contributed by atoms with E-state index in [9.17, 15) is 0 Å². The van der Waals surface area contributed by atoms with E-state index in [0.717, 1.165) is 13.1 Å². The van der Waals surface area contributed by atoms with Gasteiger partial charge in [-0.3, -0.25) is 5.10 Å². The number of nitrogens with one attached hydrogen (secondary N) is 3. The van der Waals surface area contributed by atoms with Gasteiger partial charge >= 0.3 is 0 Å². The summed E-state index contributed by atoms with van der Waals surface area (Å²) in [5, 5.41) is 11.4. The number of benzene rings is 1. The Balaban J connectivity index is 1.64. The minimum atomic E-state index is 0.835. The molecule has 4 heteroatoms. The van der Waals surface area contributed by atoms with Crippen LogP contribution in [0.3, 0.4) is 0 Å². The van der Waals surface area contributed by atoms with E-state index >= 15 is 0 Å². The lowest BCUT2D eigenvalue weighted by molar-refractivity contribution is 0.694. The standard InChI is InChI=1S/C13H14N4/c1-2-13-12(3-4-15-13)5-10(1)6-14-7-11-8-16-17-9-11/h1-5,8-9,14-15H,6-7H2,(H,16,17). The third kappa shape index (κ3) is 2.21. The summed E-state index contributed by atoms with van der Waals surface area (Å²) in [7, 11) is 0. The van der Waals surface area contributed by atoms with Crippen LogP contribution in [0.2, 0.25) is 0 Å². The molecule has 2 aromatic heterocycles. The molecule has 0 spiro atoms. The fourth-order valence-corrected chi connectivity index (χ4v) is 1.94. The van der Waals surface area contributed by atoms with Crippen molar-refractivity contribution in [2.24, 2.45) is 0 Å². The minimum Gasteiger partial charge on any atom is -0.361 e. The van der Waals surface area contributed by atoms with E-state index in [1.807, 2.05) is 18.6 Å². The molecule has 0 radical (unpaired) electrons. The van der Waals surface area contributed by atoms with Crippen molar-refractivity contribution in [3.8, 4) is 0 Å². The fraction of sp³-hybridized carbons (Fsp3) is 0.154. The molecule has 86 valence electrons. The summed E-state index contributed by atoms with van der Waals surface area (Å²) in [6.45, 7) is 1.70. The van der Waals surface area contributed by atoms with Crippen molar-refractivity contribution in [1.82, 2.24) is 20.5 Å². The Morgan fingerprint density at radius 3 is 2.94 bits per heavy atom. The van der Waals surface area contributed by atoms with E-state index in [1.165, 1.54) is 22.0 Å². The van der Waals surface area contributed by atoms with Gasteiger partial charge in [-0.15, -0.1) is 0 Å². The summed E-state index contributed by atoms with van der Waals surface area (Å²) in [6, 6.07) is 8.55. The van der Waals surface area contributed by atoms with Crippen molar-refractivity contribution >= 4 is 10.9 Å². The normalized spacial score (nSPS) is 11.1. The van der Waals surface area contributed by atoms with Gasteiger partial charge in [0.25, 0.3) is 0 Å². The van der Waals surface area contributed by atoms with E-state index in [0.29, 0.717) is 0 Å². The number of rotatable bonds is 4. The Bertz CT molecular complexity index is 595. The van der Waals surface area contributed by atoms with Gasteiger partial charge in [0.2, 0.25) is 0 Å². The first-order valence-electron chi connectivity index (χ1n) is 5.66. The van der Waals surface area contributed by atoms with Crippen LogP contribution in [0, 0.1) is 0 Å². The summed E-state index contributed by atoms with van der Waals surface area (Å²) in [6.07, 6.45) is 5.71. The predicted molar refractivity (Wildman–Crippen MR) is 67.4 cm³/mol. The maximum Gasteiger partial charge on any atom is 0.0532 e. The van der Waals surface area contributed by atoms with Crippen molar-refractivity contribution in [2.75, 3.05) is 0 Å². The highest BCUT2D eigenvalue weighted by atomic mass is 15.1. The molecule has 3 N–H and O–H groups in total. The topological polar surface area (TPSA) is 56.5 Å². The largest absolute Gasteiger partial charge is 0.361 e. The van der Waals surface area contributed by atoms with Crippen LogP contribution < -0.4 is 5.32 Å². The summed E-state index contributed by atoms with van der Waals surface area (Å²) in [5.74, 6) is 0. The fourth-order valence-electron chi connectivity index (χ4n) is 1.94. The number of nitrogens with zero attached hydrogens (tertiary/aromatic N) is 1. The molecular weight excluding hydrogens is 212 g/mol. The van der Waals surface area contributed by atoms with Gasteiger partial charge in [-0.05, 0) is 29.1 Å². The van der Waals surface area contributed by atoms with Crippen LogP contribution in [0.25, 0.3) is 10.9 Å². The molecule has 17 heavy (non-hydrogen) atoms. The third-order valence-corrected chi connectivity index (χ3v) is 2.83. The molecule has 0 atom stereocenters.